The summed E-state index contributed by atoms with van der Waals surface area (Å²) >= 11 is 0. The first-order chi connectivity index (χ1) is 19.5. The number of nitrogens with one attached hydrogen (secondary N) is 3. The van der Waals surface area contributed by atoms with Gasteiger partial charge in [0, 0.05) is 28.1 Å². The van der Waals surface area contributed by atoms with Gasteiger partial charge < -0.3 is 21.5 Å². The van der Waals surface area contributed by atoms with E-state index >= 15 is 0 Å². The van der Waals surface area contributed by atoms with Gasteiger partial charge in [0.1, 0.15) is 11.5 Å². The Bertz CT molecular complexity index is 1650. The standard InChI is InChI=1S/C29H33N5O7S/c1-16-6-12-21(24(32-16)27(36)33-19-10-7-17(8-11-19)25(30)31)20-13-9-18(14-22(20)28(37)38)26(35)34-23(29(2,3)4)15-41-42(5,39)40/h6-14,23H,15H2,1-5H3,(H3,30,31)(H,33,36)(H,34,35)(H,37,38)/t23-/m1/s1. The molecule has 0 aliphatic rings. The molecule has 13 heteroatoms. The number of pyridine rings is 1. The number of rotatable bonds is 10. The van der Waals surface area contributed by atoms with Gasteiger partial charge in [-0.15, -0.1) is 0 Å². The van der Waals surface area contributed by atoms with Crippen molar-refractivity contribution in [2.24, 2.45) is 11.1 Å². The van der Waals surface area contributed by atoms with Crippen molar-refractivity contribution >= 4 is 39.4 Å². The topological polar surface area (TPSA) is 202 Å². The number of carboxylic acid groups (broad SMARTS) is 1. The molecule has 1 aromatic heterocycles. The number of benzene rings is 2. The van der Waals surface area contributed by atoms with Crippen LogP contribution >= 0.6 is 0 Å². The molecule has 6 N–H and O–H groups in total. The van der Waals surface area contributed by atoms with Crippen LogP contribution in [0.3, 0.4) is 0 Å². The van der Waals surface area contributed by atoms with E-state index in [1.165, 1.54) is 18.2 Å². The Morgan fingerprint density at radius 3 is 2.14 bits per heavy atom. The van der Waals surface area contributed by atoms with Crippen LogP contribution in [-0.4, -0.2) is 61.0 Å². The summed E-state index contributed by atoms with van der Waals surface area (Å²) in [6.45, 7) is 6.77. The van der Waals surface area contributed by atoms with Crippen LogP contribution in [0.5, 0.6) is 0 Å². The van der Waals surface area contributed by atoms with E-state index in [1.807, 2.05) is 0 Å². The number of aromatic nitrogens is 1. The number of amidine groups is 1. The molecule has 0 fully saturated rings. The van der Waals surface area contributed by atoms with Crippen molar-refractivity contribution in [2.75, 3.05) is 18.2 Å². The van der Waals surface area contributed by atoms with Crippen LogP contribution in [0.1, 0.15) is 63.2 Å². The van der Waals surface area contributed by atoms with Crippen LogP contribution < -0.4 is 16.4 Å². The number of hydrogen-bond donors (Lipinski definition) is 5. The Hall–Kier alpha value is -4.62. The van der Waals surface area contributed by atoms with Crippen molar-refractivity contribution < 1.29 is 32.1 Å². The number of aryl methyl sites for hydroxylation is 1. The van der Waals surface area contributed by atoms with Crippen molar-refractivity contribution in [2.45, 2.75) is 33.7 Å². The van der Waals surface area contributed by atoms with E-state index in [0.29, 0.717) is 16.9 Å². The average Bonchev–Trinajstić information content (AvgIpc) is 2.89. The first kappa shape index (κ1) is 31.9. The van der Waals surface area contributed by atoms with Crippen LogP contribution in [0.15, 0.2) is 54.6 Å². The molecule has 0 bridgehead atoms. The molecule has 0 aliphatic carbocycles. The lowest BCUT2D eigenvalue weighted by molar-refractivity contribution is 0.0697. The number of nitrogen functional groups attached to an aromatic ring is 1. The number of hydrogen-bond acceptors (Lipinski definition) is 8. The number of carbonyl (C=O) groups excluding carboxylic acids is 2. The fourth-order valence-electron chi connectivity index (χ4n) is 3.91. The number of anilines is 1. The van der Waals surface area contributed by atoms with Gasteiger partial charge in [-0.1, -0.05) is 32.9 Å². The zero-order valence-electron chi connectivity index (χ0n) is 23.8. The number of nitrogens with zero attached hydrogens (tertiary/aromatic N) is 1. The van der Waals surface area contributed by atoms with Gasteiger partial charge in [-0.3, -0.25) is 19.2 Å². The summed E-state index contributed by atoms with van der Waals surface area (Å²) in [4.78, 5) is 43.1. The molecule has 0 aliphatic heterocycles. The Balaban J connectivity index is 1.97. The van der Waals surface area contributed by atoms with E-state index in [0.717, 1.165) is 6.26 Å². The third kappa shape index (κ3) is 8.21. The Labute approximate surface area is 243 Å². The van der Waals surface area contributed by atoms with E-state index in [2.05, 4.69) is 15.6 Å². The highest BCUT2D eigenvalue weighted by molar-refractivity contribution is 7.85. The molecule has 0 spiro atoms. The second-order valence-corrected chi connectivity index (χ2v) is 12.4. The molecule has 3 rings (SSSR count). The van der Waals surface area contributed by atoms with Gasteiger partial charge in [-0.2, -0.15) is 8.42 Å². The van der Waals surface area contributed by atoms with E-state index in [-0.39, 0.29) is 40.4 Å². The summed E-state index contributed by atoms with van der Waals surface area (Å²) in [6.07, 6.45) is 0.908. The van der Waals surface area contributed by atoms with E-state index < -0.39 is 39.4 Å². The summed E-state index contributed by atoms with van der Waals surface area (Å²) in [6, 6.07) is 12.8. The summed E-state index contributed by atoms with van der Waals surface area (Å²) in [5.74, 6) is -2.68. The maximum Gasteiger partial charge on any atom is 0.336 e. The third-order valence-electron chi connectivity index (χ3n) is 6.31. The Morgan fingerprint density at radius 1 is 1.00 bits per heavy atom. The van der Waals surface area contributed by atoms with Crippen LogP contribution in [0, 0.1) is 17.7 Å². The van der Waals surface area contributed by atoms with Crippen molar-refractivity contribution in [1.29, 1.82) is 5.41 Å². The molecular weight excluding hydrogens is 562 g/mol. The SMILES string of the molecule is Cc1ccc(-c2ccc(C(=O)N[C@H](COS(C)(=O)=O)C(C)(C)C)cc2C(=O)O)c(C(=O)Nc2ccc(C(=N)N)cc2)n1. The average molecular weight is 596 g/mol. The number of aromatic carboxylic acids is 1. The van der Waals surface area contributed by atoms with Gasteiger partial charge in [0.2, 0.25) is 0 Å². The van der Waals surface area contributed by atoms with Crippen molar-refractivity contribution in [1.82, 2.24) is 10.3 Å². The van der Waals surface area contributed by atoms with E-state index in [9.17, 15) is 27.9 Å². The maximum absolute atomic E-state index is 13.3. The summed E-state index contributed by atoms with van der Waals surface area (Å²) in [5, 5.41) is 23.0. The first-order valence-electron chi connectivity index (χ1n) is 12.7. The molecule has 42 heavy (non-hydrogen) atoms. The fourth-order valence-corrected chi connectivity index (χ4v) is 4.29. The minimum absolute atomic E-state index is 0.0152. The zero-order chi connectivity index (χ0) is 31.4. The molecular formula is C29H33N5O7S. The normalized spacial score (nSPS) is 12.3. The van der Waals surface area contributed by atoms with Gasteiger partial charge in [0.15, 0.2) is 0 Å². The maximum atomic E-state index is 13.3. The lowest BCUT2D eigenvalue weighted by Gasteiger charge is -2.31. The van der Waals surface area contributed by atoms with Gasteiger partial charge in [0.25, 0.3) is 21.9 Å². The molecule has 2 amide bonds. The molecule has 0 saturated carbocycles. The highest BCUT2D eigenvalue weighted by atomic mass is 32.2. The lowest BCUT2D eigenvalue weighted by atomic mass is 9.87. The molecule has 0 unspecified atom stereocenters. The molecule has 2 aromatic carbocycles. The number of nitrogens with two attached hydrogens (primary N) is 1. The molecule has 222 valence electrons. The van der Waals surface area contributed by atoms with Crippen LogP contribution in [0.2, 0.25) is 0 Å². The predicted octanol–water partition coefficient (Wildman–Crippen LogP) is 3.41. The molecule has 1 heterocycles. The van der Waals surface area contributed by atoms with Gasteiger partial charge >= 0.3 is 5.97 Å². The Kier molecular flexibility index (Phi) is 9.49. The monoisotopic (exact) mass is 595 g/mol. The fraction of sp³-hybridized carbons (Fsp3) is 0.276. The smallest absolute Gasteiger partial charge is 0.336 e. The summed E-state index contributed by atoms with van der Waals surface area (Å²) in [5.41, 5.74) is 6.45. The Morgan fingerprint density at radius 2 is 1.60 bits per heavy atom. The van der Waals surface area contributed by atoms with Crippen LogP contribution in [0.25, 0.3) is 11.1 Å². The summed E-state index contributed by atoms with van der Waals surface area (Å²) < 4.78 is 27.9. The van der Waals surface area contributed by atoms with Crippen molar-refractivity contribution in [3.8, 4) is 11.1 Å². The van der Waals surface area contributed by atoms with E-state index in [4.69, 9.17) is 15.3 Å². The number of carboxylic acids is 1. The van der Waals surface area contributed by atoms with Gasteiger partial charge in [-0.25, -0.2) is 9.78 Å². The molecule has 12 nitrogen and oxygen atoms in total. The lowest BCUT2D eigenvalue weighted by Crippen LogP contribution is -2.47. The van der Waals surface area contributed by atoms with E-state index in [1.54, 1.807) is 64.1 Å². The highest BCUT2D eigenvalue weighted by Gasteiger charge is 2.29. The zero-order valence-corrected chi connectivity index (χ0v) is 24.6. The van der Waals surface area contributed by atoms with Crippen LogP contribution in [-0.2, 0) is 14.3 Å². The summed E-state index contributed by atoms with van der Waals surface area (Å²) in [7, 11) is -3.75. The molecule has 3 aromatic rings. The van der Waals surface area contributed by atoms with Crippen molar-refractivity contribution in [3.05, 3.63) is 82.7 Å². The van der Waals surface area contributed by atoms with Gasteiger partial charge in [-0.05, 0) is 60.4 Å². The number of amides is 2. The molecule has 0 saturated heterocycles. The van der Waals surface area contributed by atoms with Gasteiger partial charge in [0.05, 0.1) is 24.5 Å². The van der Waals surface area contributed by atoms with Crippen LogP contribution in [0.4, 0.5) is 5.69 Å². The first-order valence-corrected chi connectivity index (χ1v) is 14.5. The second-order valence-electron chi connectivity index (χ2n) is 10.7. The van der Waals surface area contributed by atoms with Crippen molar-refractivity contribution in [3.63, 3.8) is 0 Å². The third-order valence-corrected chi connectivity index (χ3v) is 6.87. The minimum atomic E-state index is -3.75. The molecule has 0 radical (unpaired) electrons. The predicted molar refractivity (Wildman–Crippen MR) is 158 cm³/mol. The minimum Gasteiger partial charge on any atom is -0.478 e. The quantitative estimate of drug-likeness (QED) is 0.132. The highest BCUT2D eigenvalue weighted by Crippen LogP contribution is 2.29. The second kappa shape index (κ2) is 12.5. The largest absolute Gasteiger partial charge is 0.478 e. The molecule has 1 atom stereocenters. The number of carbonyl (C=O) groups is 3.